The van der Waals surface area contributed by atoms with E-state index in [-0.39, 0.29) is 11.2 Å². The highest BCUT2D eigenvalue weighted by atomic mass is 16.5. The van der Waals surface area contributed by atoms with E-state index in [1.54, 1.807) is 0 Å². The van der Waals surface area contributed by atoms with Crippen LogP contribution >= 0.6 is 0 Å². The number of hydrogen-bond acceptors (Lipinski definition) is 6. The number of ether oxygens (including phenoxy) is 1. The smallest absolute Gasteiger partial charge is 0.398 e. The van der Waals surface area contributed by atoms with Gasteiger partial charge in [0.2, 0.25) is 0 Å². The molecule has 10 nitrogen and oxygen atoms in total. The van der Waals surface area contributed by atoms with Gasteiger partial charge >= 0.3 is 11.9 Å². The van der Waals surface area contributed by atoms with Crippen molar-refractivity contribution in [3.63, 3.8) is 0 Å². The molecule has 166 valence electrons. The van der Waals surface area contributed by atoms with Crippen molar-refractivity contribution >= 4 is 23.4 Å². The number of carbonyl (C=O) groups is 3. The van der Waals surface area contributed by atoms with Gasteiger partial charge in [-0.3, -0.25) is 25.2 Å². The van der Waals surface area contributed by atoms with Gasteiger partial charge in [0.05, 0.1) is 19.0 Å². The Morgan fingerprint density at radius 1 is 1.09 bits per heavy atom. The highest BCUT2D eigenvalue weighted by Crippen LogP contribution is 2.33. The van der Waals surface area contributed by atoms with Crippen LogP contribution in [0, 0.1) is 0 Å². The summed E-state index contributed by atoms with van der Waals surface area (Å²) < 4.78 is 5.32. The molecule has 3 aromatic rings. The van der Waals surface area contributed by atoms with Crippen molar-refractivity contribution in [2.24, 2.45) is 0 Å². The maximum absolute atomic E-state index is 12.5. The minimum Gasteiger partial charge on any atom is -0.462 e. The van der Waals surface area contributed by atoms with Crippen molar-refractivity contribution in [1.82, 2.24) is 25.4 Å². The topological polar surface area (TPSA) is 135 Å². The van der Waals surface area contributed by atoms with Crippen LogP contribution in [0.5, 0.6) is 0 Å². The van der Waals surface area contributed by atoms with Gasteiger partial charge in [-0.25, -0.2) is 4.79 Å². The van der Waals surface area contributed by atoms with Gasteiger partial charge < -0.3 is 9.72 Å². The molecule has 0 aliphatic heterocycles. The molecule has 0 bridgehead atoms. The molecule has 1 aliphatic carbocycles. The first kappa shape index (κ1) is 21.3. The number of hydrazine groups is 1. The van der Waals surface area contributed by atoms with Crippen molar-refractivity contribution in [3.8, 4) is 11.3 Å². The minimum absolute atomic E-state index is 0.0212. The molecule has 4 rings (SSSR count). The second kappa shape index (κ2) is 9.04. The SMILES string of the molecule is COC(=O)C(=O)NNC(=O)c1cnn2c(=O)cc(-c3ccc(C4CCCCC4)cc3)[nH]c12. The lowest BCUT2D eigenvalue weighted by molar-refractivity contribution is -0.153. The Morgan fingerprint density at radius 2 is 1.81 bits per heavy atom. The Labute approximate surface area is 182 Å². The van der Waals surface area contributed by atoms with E-state index in [2.05, 4.69) is 32.4 Å². The fourth-order valence-electron chi connectivity index (χ4n) is 4.00. The number of aromatic nitrogens is 3. The zero-order valence-electron chi connectivity index (χ0n) is 17.5. The summed E-state index contributed by atoms with van der Waals surface area (Å²) >= 11 is 0. The van der Waals surface area contributed by atoms with Gasteiger partial charge in [0.25, 0.3) is 11.5 Å². The summed E-state index contributed by atoms with van der Waals surface area (Å²) in [5, 5.41) is 3.94. The maximum atomic E-state index is 12.5. The standard InChI is InChI=1S/C22H23N5O5/c1-32-22(31)21(30)26-25-20(29)16-12-23-27-18(28)11-17(24-19(16)27)15-9-7-14(8-10-15)13-5-3-2-4-6-13/h7-13,24H,2-6H2,1H3,(H,25,29)(H,26,30). The van der Waals surface area contributed by atoms with Crippen LogP contribution in [0.25, 0.3) is 16.9 Å². The van der Waals surface area contributed by atoms with Gasteiger partial charge in [0.15, 0.2) is 5.65 Å². The lowest BCUT2D eigenvalue weighted by Gasteiger charge is -2.22. The fourth-order valence-corrected chi connectivity index (χ4v) is 4.00. The second-order valence-corrected chi connectivity index (χ2v) is 7.70. The highest BCUT2D eigenvalue weighted by Gasteiger charge is 2.19. The molecule has 2 amide bonds. The van der Waals surface area contributed by atoms with E-state index in [0.29, 0.717) is 11.6 Å². The first-order valence-electron chi connectivity index (χ1n) is 10.4. The Morgan fingerprint density at radius 3 is 2.50 bits per heavy atom. The van der Waals surface area contributed by atoms with Gasteiger partial charge in [-0.2, -0.15) is 9.61 Å². The van der Waals surface area contributed by atoms with Crippen molar-refractivity contribution in [1.29, 1.82) is 0 Å². The normalized spacial score (nSPS) is 14.2. The number of amides is 2. The van der Waals surface area contributed by atoms with Gasteiger partial charge in [0, 0.05) is 6.07 Å². The van der Waals surface area contributed by atoms with Crippen LogP contribution in [-0.2, 0) is 14.3 Å². The lowest BCUT2D eigenvalue weighted by atomic mass is 9.84. The van der Waals surface area contributed by atoms with Crippen LogP contribution < -0.4 is 16.4 Å². The average molecular weight is 437 g/mol. The fraction of sp³-hybridized carbons (Fsp3) is 0.318. The number of carbonyl (C=O) groups excluding carboxylic acids is 3. The minimum atomic E-state index is -1.16. The summed E-state index contributed by atoms with van der Waals surface area (Å²) in [7, 11) is 1.04. The molecule has 0 saturated heterocycles. The van der Waals surface area contributed by atoms with Crippen molar-refractivity contribution in [2.75, 3.05) is 7.11 Å². The largest absolute Gasteiger partial charge is 0.462 e. The summed E-state index contributed by atoms with van der Waals surface area (Å²) in [6, 6.07) is 9.49. The molecule has 32 heavy (non-hydrogen) atoms. The molecule has 1 saturated carbocycles. The van der Waals surface area contributed by atoms with Crippen LogP contribution in [0.15, 0.2) is 41.3 Å². The van der Waals surface area contributed by atoms with E-state index in [4.69, 9.17) is 0 Å². The Bertz CT molecular complexity index is 1220. The van der Waals surface area contributed by atoms with Crippen LogP contribution in [0.3, 0.4) is 0 Å². The Kier molecular flexibility index (Phi) is 6.02. The summed E-state index contributed by atoms with van der Waals surface area (Å²) in [6.07, 6.45) is 7.39. The molecule has 3 N–H and O–H groups in total. The van der Waals surface area contributed by atoms with Crippen LogP contribution in [0.2, 0.25) is 0 Å². The molecule has 10 heteroatoms. The highest BCUT2D eigenvalue weighted by molar-refractivity contribution is 6.32. The first-order valence-corrected chi connectivity index (χ1v) is 10.4. The maximum Gasteiger partial charge on any atom is 0.398 e. The number of H-pyrrole nitrogens is 1. The Hall–Kier alpha value is -3.95. The Balaban J connectivity index is 1.59. The third kappa shape index (κ3) is 4.25. The molecule has 0 spiro atoms. The number of nitrogens with zero attached hydrogens (tertiary/aromatic N) is 2. The van der Waals surface area contributed by atoms with E-state index < -0.39 is 23.3 Å². The summed E-state index contributed by atoms with van der Waals surface area (Å²) in [5.74, 6) is -2.47. The van der Waals surface area contributed by atoms with Gasteiger partial charge in [-0.05, 0) is 29.9 Å². The molecule has 1 fully saturated rings. The summed E-state index contributed by atoms with van der Waals surface area (Å²) in [4.78, 5) is 50.7. The lowest BCUT2D eigenvalue weighted by Crippen LogP contribution is -2.45. The van der Waals surface area contributed by atoms with E-state index >= 15 is 0 Å². The molecule has 1 aromatic carbocycles. The molecular weight excluding hydrogens is 414 g/mol. The van der Waals surface area contributed by atoms with Crippen molar-refractivity contribution in [2.45, 2.75) is 38.0 Å². The molecule has 0 radical (unpaired) electrons. The molecule has 2 aromatic heterocycles. The number of rotatable bonds is 3. The van der Waals surface area contributed by atoms with Crippen molar-refractivity contribution < 1.29 is 19.1 Å². The first-order chi connectivity index (χ1) is 15.5. The summed E-state index contributed by atoms with van der Waals surface area (Å²) in [6.45, 7) is 0. The van der Waals surface area contributed by atoms with E-state index in [9.17, 15) is 19.2 Å². The zero-order chi connectivity index (χ0) is 22.7. The van der Waals surface area contributed by atoms with Crippen LogP contribution in [0.1, 0.15) is 53.9 Å². The molecule has 2 heterocycles. The molecule has 1 aliphatic rings. The quantitative estimate of drug-likeness (QED) is 0.324. The average Bonchev–Trinajstić information content (AvgIpc) is 3.27. The number of nitrogens with one attached hydrogen (secondary N) is 3. The number of esters is 1. The zero-order valence-corrected chi connectivity index (χ0v) is 17.5. The van der Waals surface area contributed by atoms with Crippen LogP contribution in [0.4, 0.5) is 0 Å². The monoisotopic (exact) mass is 437 g/mol. The van der Waals surface area contributed by atoms with Gasteiger partial charge in [-0.1, -0.05) is 43.5 Å². The van der Waals surface area contributed by atoms with Gasteiger partial charge in [0.1, 0.15) is 5.56 Å². The number of aromatic amines is 1. The summed E-state index contributed by atoms with van der Waals surface area (Å²) in [5.41, 5.74) is 6.44. The molecule has 0 atom stereocenters. The molecule has 0 unspecified atom stereocenters. The number of methoxy groups -OCH3 is 1. The second-order valence-electron chi connectivity index (χ2n) is 7.70. The van der Waals surface area contributed by atoms with Gasteiger partial charge in [-0.15, -0.1) is 0 Å². The number of benzene rings is 1. The third-order valence-corrected chi connectivity index (χ3v) is 5.70. The van der Waals surface area contributed by atoms with Crippen molar-refractivity contribution in [3.05, 3.63) is 58.0 Å². The predicted molar refractivity (Wildman–Crippen MR) is 115 cm³/mol. The van der Waals surface area contributed by atoms with E-state index in [1.807, 2.05) is 17.6 Å². The predicted octanol–water partition coefficient (Wildman–Crippen LogP) is 1.67. The van der Waals surface area contributed by atoms with Crippen LogP contribution in [-0.4, -0.2) is 39.5 Å². The van der Waals surface area contributed by atoms with E-state index in [1.165, 1.54) is 49.9 Å². The molecular formula is C22H23N5O5. The third-order valence-electron chi connectivity index (χ3n) is 5.70. The van der Waals surface area contributed by atoms with E-state index in [0.717, 1.165) is 17.2 Å². The number of hydrogen-bond donors (Lipinski definition) is 3. The number of fused-ring (bicyclic) bond motifs is 1.